The van der Waals surface area contributed by atoms with Crippen molar-refractivity contribution in [2.24, 2.45) is 0 Å². The SMILES string of the molecule is CCn1cc(C(=O)Nc2ccc(Cl)cc2[N+](=O)[O-])c(C)n1. The lowest BCUT2D eigenvalue weighted by atomic mass is 10.2. The molecule has 1 heterocycles. The molecule has 0 saturated carbocycles. The highest BCUT2D eigenvalue weighted by atomic mass is 35.5. The van der Waals surface area contributed by atoms with E-state index in [1.807, 2.05) is 6.92 Å². The fourth-order valence-corrected chi connectivity index (χ4v) is 2.02. The second-order valence-electron chi connectivity index (χ2n) is 4.36. The van der Waals surface area contributed by atoms with Crippen molar-refractivity contribution < 1.29 is 9.72 Å². The summed E-state index contributed by atoms with van der Waals surface area (Å²) in [5.41, 5.74) is 0.779. The highest BCUT2D eigenvalue weighted by molar-refractivity contribution is 6.31. The lowest BCUT2D eigenvalue weighted by Gasteiger charge is -2.05. The van der Waals surface area contributed by atoms with Crippen molar-refractivity contribution >= 4 is 28.9 Å². The molecule has 0 saturated heterocycles. The Bertz CT molecular complexity index is 711. The van der Waals surface area contributed by atoms with Gasteiger partial charge in [0.2, 0.25) is 0 Å². The molecule has 0 atom stereocenters. The van der Waals surface area contributed by atoms with Crippen LogP contribution < -0.4 is 5.32 Å². The third-order valence-corrected chi connectivity index (χ3v) is 3.15. The van der Waals surface area contributed by atoms with Gasteiger partial charge < -0.3 is 5.32 Å². The Morgan fingerprint density at radius 1 is 1.52 bits per heavy atom. The van der Waals surface area contributed by atoms with E-state index >= 15 is 0 Å². The van der Waals surface area contributed by atoms with Crippen LogP contribution in [0.1, 0.15) is 23.0 Å². The third kappa shape index (κ3) is 3.19. The predicted molar refractivity (Wildman–Crippen MR) is 78.7 cm³/mol. The van der Waals surface area contributed by atoms with Crippen molar-refractivity contribution in [3.8, 4) is 0 Å². The van der Waals surface area contributed by atoms with E-state index in [-0.39, 0.29) is 16.4 Å². The first-order valence-corrected chi connectivity index (χ1v) is 6.59. The summed E-state index contributed by atoms with van der Waals surface area (Å²) in [6.07, 6.45) is 1.60. The number of halogens is 1. The molecule has 1 amide bonds. The summed E-state index contributed by atoms with van der Waals surface area (Å²) in [5.74, 6) is -0.447. The molecule has 0 fully saturated rings. The van der Waals surface area contributed by atoms with Crippen molar-refractivity contribution in [1.82, 2.24) is 9.78 Å². The van der Waals surface area contributed by atoms with Crippen LogP contribution in [0.5, 0.6) is 0 Å². The first-order valence-electron chi connectivity index (χ1n) is 6.21. The van der Waals surface area contributed by atoms with Gasteiger partial charge in [0, 0.05) is 23.8 Å². The quantitative estimate of drug-likeness (QED) is 0.694. The van der Waals surface area contributed by atoms with Gasteiger partial charge in [-0.05, 0) is 26.0 Å². The van der Waals surface area contributed by atoms with E-state index in [0.717, 1.165) is 0 Å². The van der Waals surface area contributed by atoms with E-state index in [4.69, 9.17) is 11.6 Å². The van der Waals surface area contributed by atoms with Crippen LogP contribution >= 0.6 is 11.6 Å². The molecule has 0 aliphatic heterocycles. The average molecular weight is 309 g/mol. The Hall–Kier alpha value is -2.41. The van der Waals surface area contributed by atoms with Gasteiger partial charge in [-0.3, -0.25) is 19.6 Å². The van der Waals surface area contributed by atoms with E-state index in [2.05, 4.69) is 10.4 Å². The molecule has 0 bridgehead atoms. The summed E-state index contributed by atoms with van der Waals surface area (Å²) >= 11 is 5.73. The van der Waals surface area contributed by atoms with Gasteiger partial charge in [-0.1, -0.05) is 11.6 Å². The Morgan fingerprint density at radius 3 is 2.81 bits per heavy atom. The number of nitro groups is 1. The molecular weight excluding hydrogens is 296 g/mol. The molecule has 0 unspecified atom stereocenters. The highest BCUT2D eigenvalue weighted by Crippen LogP contribution is 2.28. The standard InChI is InChI=1S/C13H13ClN4O3/c1-3-17-7-10(8(2)16-17)13(19)15-11-5-4-9(14)6-12(11)18(20)21/h4-7H,3H2,1-2H3,(H,15,19). The summed E-state index contributed by atoms with van der Waals surface area (Å²) in [4.78, 5) is 22.6. The Balaban J connectivity index is 2.31. The number of carbonyl (C=O) groups is 1. The molecule has 0 aliphatic carbocycles. The third-order valence-electron chi connectivity index (χ3n) is 2.92. The number of nitro benzene ring substituents is 1. The van der Waals surface area contributed by atoms with Gasteiger partial charge in [-0.15, -0.1) is 0 Å². The minimum Gasteiger partial charge on any atom is -0.316 e. The smallest absolute Gasteiger partial charge is 0.294 e. The van der Waals surface area contributed by atoms with Crippen LogP contribution in [0.2, 0.25) is 5.02 Å². The zero-order chi connectivity index (χ0) is 15.6. The minimum atomic E-state index is -0.593. The summed E-state index contributed by atoms with van der Waals surface area (Å²) in [6, 6.07) is 4.07. The Kier molecular flexibility index (Phi) is 4.23. The van der Waals surface area contributed by atoms with E-state index in [1.54, 1.807) is 17.8 Å². The number of nitrogens with zero attached hydrogens (tertiary/aromatic N) is 3. The number of aryl methyl sites for hydroxylation is 2. The summed E-state index contributed by atoms with van der Waals surface area (Å²) in [6.45, 7) is 4.24. The molecule has 2 aromatic rings. The summed E-state index contributed by atoms with van der Waals surface area (Å²) < 4.78 is 1.63. The van der Waals surface area contributed by atoms with Crippen LogP contribution in [-0.2, 0) is 6.54 Å². The number of nitrogens with one attached hydrogen (secondary N) is 1. The molecule has 1 N–H and O–H groups in total. The van der Waals surface area contributed by atoms with Crippen LogP contribution in [0.15, 0.2) is 24.4 Å². The molecule has 2 rings (SSSR count). The van der Waals surface area contributed by atoms with Crippen LogP contribution in [0.25, 0.3) is 0 Å². The fourth-order valence-electron chi connectivity index (χ4n) is 1.85. The number of benzene rings is 1. The minimum absolute atomic E-state index is 0.0954. The molecule has 0 aliphatic rings. The molecule has 8 heteroatoms. The Morgan fingerprint density at radius 2 is 2.24 bits per heavy atom. The van der Waals surface area contributed by atoms with Crippen LogP contribution in [-0.4, -0.2) is 20.6 Å². The molecular formula is C13H13ClN4O3. The van der Waals surface area contributed by atoms with Gasteiger partial charge in [0.05, 0.1) is 16.2 Å². The molecule has 0 radical (unpaired) electrons. The first kappa shape index (κ1) is 15.0. The number of hydrogen-bond donors (Lipinski definition) is 1. The molecule has 21 heavy (non-hydrogen) atoms. The second-order valence-corrected chi connectivity index (χ2v) is 4.79. The summed E-state index contributed by atoms with van der Waals surface area (Å²) in [5, 5.41) is 17.9. The first-order chi connectivity index (χ1) is 9.92. The zero-order valence-electron chi connectivity index (χ0n) is 11.5. The molecule has 110 valence electrons. The highest BCUT2D eigenvalue weighted by Gasteiger charge is 2.19. The van der Waals surface area contributed by atoms with Crippen molar-refractivity contribution in [2.75, 3.05) is 5.32 Å². The van der Waals surface area contributed by atoms with E-state index in [1.165, 1.54) is 18.2 Å². The van der Waals surface area contributed by atoms with Crippen LogP contribution in [0.4, 0.5) is 11.4 Å². The van der Waals surface area contributed by atoms with Gasteiger partial charge >= 0.3 is 0 Å². The van der Waals surface area contributed by atoms with Gasteiger partial charge in [0.1, 0.15) is 5.69 Å². The Labute approximate surface area is 125 Å². The van der Waals surface area contributed by atoms with Gasteiger partial charge in [-0.25, -0.2) is 0 Å². The zero-order valence-corrected chi connectivity index (χ0v) is 12.2. The fraction of sp³-hybridized carbons (Fsp3) is 0.231. The monoisotopic (exact) mass is 308 g/mol. The van der Waals surface area contributed by atoms with Gasteiger partial charge in [0.15, 0.2) is 0 Å². The van der Waals surface area contributed by atoms with E-state index in [9.17, 15) is 14.9 Å². The number of anilines is 1. The number of aromatic nitrogens is 2. The summed E-state index contributed by atoms with van der Waals surface area (Å²) in [7, 11) is 0. The maximum atomic E-state index is 12.2. The van der Waals surface area contributed by atoms with E-state index < -0.39 is 10.8 Å². The lowest BCUT2D eigenvalue weighted by Crippen LogP contribution is -2.13. The molecule has 0 spiro atoms. The maximum absolute atomic E-state index is 12.2. The van der Waals surface area contributed by atoms with Gasteiger partial charge in [0.25, 0.3) is 11.6 Å². The van der Waals surface area contributed by atoms with Crippen LogP contribution in [0.3, 0.4) is 0 Å². The largest absolute Gasteiger partial charge is 0.316 e. The molecule has 1 aromatic carbocycles. The number of carbonyl (C=O) groups excluding carboxylic acids is 1. The topological polar surface area (TPSA) is 90.1 Å². The van der Waals surface area contributed by atoms with Crippen molar-refractivity contribution in [2.45, 2.75) is 20.4 Å². The number of hydrogen-bond acceptors (Lipinski definition) is 4. The maximum Gasteiger partial charge on any atom is 0.294 e. The second kappa shape index (κ2) is 5.92. The lowest BCUT2D eigenvalue weighted by molar-refractivity contribution is -0.383. The van der Waals surface area contributed by atoms with Crippen LogP contribution in [0, 0.1) is 17.0 Å². The average Bonchev–Trinajstić information content (AvgIpc) is 2.82. The molecule has 7 nitrogen and oxygen atoms in total. The number of amides is 1. The van der Waals surface area contributed by atoms with Crippen molar-refractivity contribution in [3.05, 3.63) is 50.8 Å². The van der Waals surface area contributed by atoms with E-state index in [0.29, 0.717) is 17.8 Å². The van der Waals surface area contributed by atoms with Crippen molar-refractivity contribution in [3.63, 3.8) is 0 Å². The normalized spacial score (nSPS) is 10.4. The van der Waals surface area contributed by atoms with Gasteiger partial charge in [-0.2, -0.15) is 5.10 Å². The number of rotatable bonds is 4. The van der Waals surface area contributed by atoms with Crippen molar-refractivity contribution in [1.29, 1.82) is 0 Å². The predicted octanol–water partition coefficient (Wildman–Crippen LogP) is 3.03. The molecule has 1 aromatic heterocycles.